The zero-order valence-corrected chi connectivity index (χ0v) is 6.29. The van der Waals surface area contributed by atoms with Crippen LogP contribution in [0, 0.1) is 0 Å². The normalized spacial score (nSPS) is 10.7. The highest BCUT2D eigenvalue weighted by molar-refractivity contribution is 5.40. The van der Waals surface area contributed by atoms with E-state index in [0.29, 0.717) is 0 Å². The zero-order valence-electron chi connectivity index (χ0n) is 6.29. The van der Waals surface area contributed by atoms with Crippen LogP contribution in [0.4, 0.5) is 5.69 Å². The van der Waals surface area contributed by atoms with E-state index in [0.717, 1.165) is 18.0 Å². The lowest BCUT2D eigenvalue weighted by Gasteiger charge is -2.06. The summed E-state index contributed by atoms with van der Waals surface area (Å²) in [6.07, 6.45) is 1.61. The molecule has 56 valence electrons. The van der Waals surface area contributed by atoms with Gasteiger partial charge in [0, 0.05) is 0 Å². The van der Waals surface area contributed by atoms with Crippen molar-refractivity contribution in [3.05, 3.63) is 18.1 Å². The fourth-order valence-corrected chi connectivity index (χ4v) is 0.766. The summed E-state index contributed by atoms with van der Waals surface area (Å²) in [4.78, 5) is 2.01. The van der Waals surface area contributed by atoms with Gasteiger partial charge in [0.1, 0.15) is 5.76 Å². The number of hydrogen-bond acceptors (Lipinski definition) is 3. The van der Waals surface area contributed by atoms with E-state index >= 15 is 0 Å². The molecule has 0 saturated heterocycles. The predicted molar refractivity (Wildman–Crippen MR) is 40.5 cm³/mol. The Morgan fingerprint density at radius 2 is 2.30 bits per heavy atom. The molecule has 3 heteroatoms. The maximum Gasteiger partial charge on any atom is 0.140 e. The molecule has 0 aliphatic carbocycles. The highest BCUT2D eigenvalue weighted by Gasteiger charge is 2.01. The number of furan rings is 1. The van der Waals surface area contributed by atoms with E-state index in [4.69, 9.17) is 10.2 Å². The van der Waals surface area contributed by atoms with Gasteiger partial charge in [-0.25, -0.2) is 0 Å². The van der Waals surface area contributed by atoms with Crippen LogP contribution in [-0.4, -0.2) is 19.0 Å². The van der Waals surface area contributed by atoms with Crippen LogP contribution in [0.3, 0.4) is 0 Å². The lowest BCUT2D eigenvalue weighted by Crippen LogP contribution is -2.10. The molecule has 0 aliphatic rings. The topological polar surface area (TPSA) is 42.4 Å². The van der Waals surface area contributed by atoms with E-state index in [-0.39, 0.29) is 0 Å². The van der Waals surface area contributed by atoms with Gasteiger partial charge in [0.25, 0.3) is 0 Å². The second-order valence-electron chi connectivity index (χ2n) is 2.54. The average molecular weight is 140 g/mol. The fraction of sp³-hybridized carbons (Fsp3) is 0.429. The van der Waals surface area contributed by atoms with Crippen molar-refractivity contribution in [1.29, 1.82) is 0 Å². The Kier molecular flexibility index (Phi) is 1.97. The number of hydrogen-bond donors (Lipinski definition) is 1. The first-order valence-corrected chi connectivity index (χ1v) is 3.16. The number of nitrogens with two attached hydrogens (primary N) is 1. The molecule has 2 N–H and O–H groups in total. The van der Waals surface area contributed by atoms with Crippen molar-refractivity contribution >= 4 is 5.69 Å². The van der Waals surface area contributed by atoms with Gasteiger partial charge in [-0.1, -0.05) is 0 Å². The molecule has 1 heterocycles. The van der Waals surface area contributed by atoms with Gasteiger partial charge in [0.2, 0.25) is 0 Å². The van der Waals surface area contributed by atoms with E-state index in [9.17, 15) is 0 Å². The summed E-state index contributed by atoms with van der Waals surface area (Å²) < 4.78 is 5.11. The molecule has 1 aromatic rings. The van der Waals surface area contributed by atoms with Crippen LogP contribution in [0.15, 0.2) is 16.7 Å². The summed E-state index contributed by atoms with van der Waals surface area (Å²) in [5.74, 6) is 0.838. The minimum atomic E-state index is 0.730. The minimum absolute atomic E-state index is 0.730. The first-order chi connectivity index (χ1) is 4.70. The Hall–Kier alpha value is -0.960. The minimum Gasteiger partial charge on any atom is -0.466 e. The Balaban J connectivity index is 2.65. The first-order valence-electron chi connectivity index (χ1n) is 3.16. The second-order valence-corrected chi connectivity index (χ2v) is 2.54. The molecule has 10 heavy (non-hydrogen) atoms. The van der Waals surface area contributed by atoms with Gasteiger partial charge in [0.15, 0.2) is 0 Å². The van der Waals surface area contributed by atoms with Crippen molar-refractivity contribution in [2.45, 2.75) is 6.54 Å². The lowest BCUT2D eigenvalue weighted by molar-refractivity contribution is 0.352. The standard InChI is InChI=1S/C7H12N2O/c1-9(2)5-7-6(8)3-4-10-7/h3-4H,5,8H2,1-2H3. The second kappa shape index (κ2) is 2.75. The number of rotatable bonds is 2. The van der Waals surface area contributed by atoms with Crippen molar-refractivity contribution in [1.82, 2.24) is 4.90 Å². The van der Waals surface area contributed by atoms with Gasteiger partial charge >= 0.3 is 0 Å². The first kappa shape index (κ1) is 7.15. The SMILES string of the molecule is CN(C)Cc1occc1N. The van der Waals surface area contributed by atoms with E-state index in [2.05, 4.69) is 0 Å². The molecule has 0 atom stereocenters. The van der Waals surface area contributed by atoms with Crippen molar-refractivity contribution < 1.29 is 4.42 Å². The third kappa shape index (κ3) is 1.51. The summed E-state index contributed by atoms with van der Waals surface area (Å²) >= 11 is 0. The van der Waals surface area contributed by atoms with Crippen molar-refractivity contribution in [2.24, 2.45) is 0 Å². The molecule has 0 saturated carbocycles. The van der Waals surface area contributed by atoms with Crippen molar-refractivity contribution in [3.8, 4) is 0 Å². The van der Waals surface area contributed by atoms with Gasteiger partial charge in [-0.15, -0.1) is 0 Å². The largest absolute Gasteiger partial charge is 0.466 e. The molecule has 1 rings (SSSR count). The van der Waals surface area contributed by atoms with Crippen molar-refractivity contribution in [3.63, 3.8) is 0 Å². The Bertz CT molecular complexity index is 205. The summed E-state index contributed by atoms with van der Waals surface area (Å²) in [6, 6.07) is 1.76. The van der Waals surface area contributed by atoms with E-state index in [1.165, 1.54) is 0 Å². The molecule has 0 amide bonds. The van der Waals surface area contributed by atoms with Crippen LogP contribution in [0.2, 0.25) is 0 Å². The van der Waals surface area contributed by atoms with Crippen LogP contribution in [-0.2, 0) is 6.54 Å². The maximum absolute atomic E-state index is 5.57. The molecule has 3 nitrogen and oxygen atoms in total. The maximum atomic E-state index is 5.57. The molecule has 0 aromatic carbocycles. The van der Waals surface area contributed by atoms with E-state index in [1.54, 1.807) is 12.3 Å². The smallest absolute Gasteiger partial charge is 0.140 e. The summed E-state index contributed by atoms with van der Waals surface area (Å²) in [6.45, 7) is 0.763. The quantitative estimate of drug-likeness (QED) is 0.664. The van der Waals surface area contributed by atoms with Crippen molar-refractivity contribution in [2.75, 3.05) is 19.8 Å². The molecule has 0 bridgehead atoms. The van der Waals surface area contributed by atoms with Gasteiger partial charge in [-0.05, 0) is 20.2 Å². The van der Waals surface area contributed by atoms with Crippen LogP contribution in [0.1, 0.15) is 5.76 Å². The summed E-state index contributed by atoms with van der Waals surface area (Å²) in [7, 11) is 3.95. The molecular formula is C7H12N2O. The Morgan fingerprint density at radius 1 is 1.60 bits per heavy atom. The number of nitrogens with zero attached hydrogens (tertiary/aromatic N) is 1. The molecule has 0 radical (unpaired) electrons. The molecule has 0 spiro atoms. The molecule has 0 fully saturated rings. The molecule has 0 unspecified atom stereocenters. The van der Waals surface area contributed by atoms with Gasteiger partial charge in [0.05, 0.1) is 18.5 Å². The lowest BCUT2D eigenvalue weighted by atomic mass is 10.4. The van der Waals surface area contributed by atoms with Crippen LogP contribution < -0.4 is 5.73 Å². The Labute approximate surface area is 60.4 Å². The van der Waals surface area contributed by atoms with E-state index in [1.807, 2.05) is 19.0 Å². The van der Waals surface area contributed by atoms with Gasteiger partial charge in [-0.2, -0.15) is 0 Å². The fourth-order valence-electron chi connectivity index (χ4n) is 0.766. The van der Waals surface area contributed by atoms with Crippen LogP contribution >= 0.6 is 0 Å². The number of anilines is 1. The number of nitrogen functional groups attached to an aromatic ring is 1. The summed E-state index contributed by atoms with van der Waals surface area (Å²) in [5.41, 5.74) is 6.30. The zero-order chi connectivity index (χ0) is 7.56. The van der Waals surface area contributed by atoms with Gasteiger partial charge in [-0.3, -0.25) is 0 Å². The molecule has 0 aliphatic heterocycles. The van der Waals surface area contributed by atoms with Gasteiger partial charge < -0.3 is 15.1 Å². The Morgan fingerprint density at radius 3 is 2.70 bits per heavy atom. The van der Waals surface area contributed by atoms with E-state index < -0.39 is 0 Å². The third-order valence-electron chi connectivity index (χ3n) is 1.24. The average Bonchev–Trinajstić information content (AvgIpc) is 2.15. The predicted octanol–water partition coefficient (Wildman–Crippen LogP) is 0.923. The molecular weight excluding hydrogens is 128 g/mol. The van der Waals surface area contributed by atoms with Crippen LogP contribution in [0.5, 0.6) is 0 Å². The monoisotopic (exact) mass is 140 g/mol. The molecule has 1 aromatic heterocycles. The highest BCUT2D eigenvalue weighted by atomic mass is 16.3. The van der Waals surface area contributed by atoms with Crippen LogP contribution in [0.25, 0.3) is 0 Å². The summed E-state index contributed by atoms with van der Waals surface area (Å²) in [5, 5.41) is 0. The third-order valence-corrected chi connectivity index (χ3v) is 1.24. The highest BCUT2D eigenvalue weighted by Crippen LogP contribution is 2.12.